The Morgan fingerprint density at radius 1 is 1.27 bits per heavy atom. The van der Waals surface area contributed by atoms with E-state index in [0.717, 1.165) is 0 Å². The number of aliphatic hydroxyl groups is 2. The van der Waals surface area contributed by atoms with Crippen LogP contribution >= 0.6 is 11.6 Å². The van der Waals surface area contributed by atoms with E-state index in [-0.39, 0.29) is 17.9 Å². The van der Waals surface area contributed by atoms with Gasteiger partial charge in [0.05, 0.1) is 17.7 Å². The van der Waals surface area contributed by atoms with Gasteiger partial charge >= 0.3 is 0 Å². The van der Waals surface area contributed by atoms with E-state index in [1.165, 1.54) is 18.0 Å². The van der Waals surface area contributed by atoms with E-state index >= 15 is 0 Å². The van der Waals surface area contributed by atoms with Crippen LogP contribution in [-0.2, 0) is 9.59 Å². The van der Waals surface area contributed by atoms with E-state index in [4.69, 9.17) is 11.6 Å². The van der Waals surface area contributed by atoms with Crippen LogP contribution in [0.1, 0.15) is 24.1 Å². The number of benzene rings is 1. The first-order chi connectivity index (χ1) is 12.4. The molecular weight excluding hydrogens is 356 g/mol. The minimum atomic E-state index is -0.831. The van der Waals surface area contributed by atoms with Crippen LogP contribution in [0.15, 0.2) is 54.4 Å². The predicted octanol–water partition coefficient (Wildman–Crippen LogP) is 2.54. The Bertz CT molecular complexity index is 863. The molecule has 1 saturated heterocycles. The summed E-state index contributed by atoms with van der Waals surface area (Å²) in [5.74, 6) is -1.86. The number of hydrogen-bond donors (Lipinski definition) is 2. The quantitative estimate of drug-likeness (QED) is 0.489. The maximum Gasteiger partial charge on any atom is 0.295 e. The Balaban J connectivity index is 2.17. The highest BCUT2D eigenvalue weighted by molar-refractivity contribution is 6.46. The molecule has 2 N–H and O–H groups in total. The molecule has 134 valence electrons. The Hall–Kier alpha value is -2.70. The van der Waals surface area contributed by atoms with Crippen LogP contribution in [0.25, 0.3) is 5.76 Å². The molecule has 26 heavy (non-hydrogen) atoms. The van der Waals surface area contributed by atoms with Crippen LogP contribution in [0.4, 0.5) is 0 Å². The Morgan fingerprint density at radius 2 is 1.96 bits per heavy atom. The number of pyridine rings is 1. The average Bonchev–Trinajstić information content (AvgIpc) is 2.87. The SMILES string of the molecule is C[C@@H](O)CN1C(=O)C(=O)C(=C(O)c2ccc(Cl)cc2)[C@H]1c1cccnc1. The molecule has 1 aliphatic heterocycles. The zero-order valence-corrected chi connectivity index (χ0v) is 14.7. The highest BCUT2D eigenvalue weighted by atomic mass is 35.5. The Morgan fingerprint density at radius 3 is 2.54 bits per heavy atom. The van der Waals surface area contributed by atoms with E-state index in [1.54, 1.807) is 42.6 Å². The first kappa shape index (κ1) is 18.1. The van der Waals surface area contributed by atoms with Crippen molar-refractivity contribution >= 4 is 29.1 Å². The zero-order chi connectivity index (χ0) is 18.8. The van der Waals surface area contributed by atoms with Gasteiger partial charge in [-0.25, -0.2) is 0 Å². The van der Waals surface area contributed by atoms with Crippen LogP contribution in [0, 0.1) is 0 Å². The van der Waals surface area contributed by atoms with Gasteiger partial charge in [0.1, 0.15) is 5.76 Å². The van der Waals surface area contributed by atoms with Crippen molar-refractivity contribution < 1.29 is 19.8 Å². The van der Waals surface area contributed by atoms with Gasteiger partial charge in [0.2, 0.25) is 0 Å². The molecular formula is C19H17ClN2O4. The van der Waals surface area contributed by atoms with Crippen LogP contribution in [0.2, 0.25) is 5.02 Å². The number of aromatic nitrogens is 1. The fourth-order valence-electron chi connectivity index (χ4n) is 3.00. The second kappa shape index (κ2) is 7.27. The number of Topliss-reactive ketones (excluding diaryl/α,β-unsaturated/α-hetero) is 1. The van der Waals surface area contributed by atoms with E-state index in [2.05, 4.69) is 4.98 Å². The minimum absolute atomic E-state index is 0.0361. The number of β-amino-alcohol motifs (C(OH)–C–C–N with tert-alkyl or cyclic N) is 1. The van der Waals surface area contributed by atoms with Gasteiger partial charge in [-0.2, -0.15) is 0 Å². The Kier molecular flexibility index (Phi) is 5.06. The predicted molar refractivity (Wildman–Crippen MR) is 96.4 cm³/mol. The molecule has 1 amide bonds. The molecule has 0 aliphatic carbocycles. The van der Waals surface area contributed by atoms with Gasteiger partial charge in [-0.15, -0.1) is 0 Å². The summed E-state index contributed by atoms with van der Waals surface area (Å²) in [6.07, 6.45) is 2.27. The lowest BCUT2D eigenvalue weighted by molar-refractivity contribution is -0.140. The molecule has 7 heteroatoms. The third-order valence-electron chi connectivity index (χ3n) is 4.12. The maximum absolute atomic E-state index is 12.6. The summed E-state index contributed by atoms with van der Waals surface area (Å²) in [4.78, 5) is 30.4. The fourth-order valence-corrected chi connectivity index (χ4v) is 3.13. The normalized spacial score (nSPS) is 20.4. The first-order valence-corrected chi connectivity index (χ1v) is 8.40. The molecule has 0 bridgehead atoms. The van der Waals surface area contributed by atoms with Crippen molar-refractivity contribution in [1.29, 1.82) is 0 Å². The lowest BCUT2D eigenvalue weighted by Crippen LogP contribution is -2.35. The lowest BCUT2D eigenvalue weighted by atomic mass is 9.96. The van der Waals surface area contributed by atoms with Crippen LogP contribution < -0.4 is 0 Å². The monoisotopic (exact) mass is 372 g/mol. The number of carbonyl (C=O) groups excluding carboxylic acids is 2. The number of rotatable bonds is 4. The van der Waals surface area contributed by atoms with Crippen molar-refractivity contribution in [2.75, 3.05) is 6.54 Å². The molecule has 1 aliphatic rings. The third kappa shape index (κ3) is 3.34. The number of aliphatic hydroxyl groups excluding tert-OH is 2. The molecule has 2 heterocycles. The van der Waals surface area contributed by atoms with Crippen molar-refractivity contribution in [3.8, 4) is 0 Å². The largest absolute Gasteiger partial charge is 0.507 e. The summed E-state index contributed by atoms with van der Waals surface area (Å²) in [6.45, 7) is 1.49. The summed E-state index contributed by atoms with van der Waals surface area (Å²) in [5, 5.41) is 21.0. The number of amides is 1. The molecule has 0 unspecified atom stereocenters. The van der Waals surface area contributed by atoms with Crippen LogP contribution in [0.5, 0.6) is 0 Å². The van der Waals surface area contributed by atoms with E-state index in [0.29, 0.717) is 16.1 Å². The molecule has 1 fully saturated rings. The molecule has 1 aromatic carbocycles. The average molecular weight is 373 g/mol. The fraction of sp³-hybridized carbons (Fsp3) is 0.211. The van der Waals surface area contributed by atoms with Gasteiger partial charge in [0.25, 0.3) is 11.7 Å². The summed E-state index contributed by atoms with van der Waals surface area (Å²) < 4.78 is 0. The zero-order valence-electron chi connectivity index (χ0n) is 14.0. The smallest absolute Gasteiger partial charge is 0.295 e. The molecule has 3 rings (SSSR count). The molecule has 2 atom stereocenters. The van der Waals surface area contributed by atoms with Crippen molar-refractivity contribution in [2.45, 2.75) is 19.1 Å². The van der Waals surface area contributed by atoms with Gasteiger partial charge < -0.3 is 15.1 Å². The topological polar surface area (TPSA) is 90.7 Å². The molecule has 0 saturated carbocycles. The number of likely N-dealkylation sites (tertiary alicyclic amines) is 1. The Labute approximate surface area is 155 Å². The molecule has 6 nitrogen and oxygen atoms in total. The summed E-state index contributed by atoms with van der Waals surface area (Å²) in [7, 11) is 0. The van der Waals surface area contributed by atoms with Gasteiger partial charge in [0.15, 0.2) is 0 Å². The van der Waals surface area contributed by atoms with Gasteiger partial charge in [-0.05, 0) is 42.8 Å². The highest BCUT2D eigenvalue weighted by Gasteiger charge is 2.46. The van der Waals surface area contributed by atoms with Crippen molar-refractivity contribution in [2.24, 2.45) is 0 Å². The van der Waals surface area contributed by atoms with Gasteiger partial charge in [0, 0.05) is 29.5 Å². The van der Waals surface area contributed by atoms with Crippen molar-refractivity contribution in [3.05, 3.63) is 70.5 Å². The van der Waals surface area contributed by atoms with Crippen molar-refractivity contribution in [3.63, 3.8) is 0 Å². The van der Waals surface area contributed by atoms with E-state index in [9.17, 15) is 19.8 Å². The minimum Gasteiger partial charge on any atom is -0.507 e. The van der Waals surface area contributed by atoms with Crippen LogP contribution in [-0.4, -0.2) is 44.4 Å². The second-order valence-electron chi connectivity index (χ2n) is 6.09. The number of nitrogens with zero attached hydrogens (tertiary/aromatic N) is 2. The summed E-state index contributed by atoms with van der Waals surface area (Å²) in [5.41, 5.74) is 0.909. The number of ketones is 1. The highest BCUT2D eigenvalue weighted by Crippen LogP contribution is 2.39. The molecule has 1 aromatic heterocycles. The second-order valence-corrected chi connectivity index (χ2v) is 6.53. The summed E-state index contributed by atoms with van der Waals surface area (Å²) in [6, 6.07) is 8.88. The molecule has 0 spiro atoms. The molecule has 2 aromatic rings. The van der Waals surface area contributed by atoms with E-state index < -0.39 is 23.8 Å². The lowest BCUT2D eigenvalue weighted by Gasteiger charge is -2.26. The van der Waals surface area contributed by atoms with Crippen molar-refractivity contribution in [1.82, 2.24) is 9.88 Å². The maximum atomic E-state index is 12.6. The summed E-state index contributed by atoms with van der Waals surface area (Å²) >= 11 is 5.87. The van der Waals surface area contributed by atoms with Gasteiger partial charge in [-0.3, -0.25) is 14.6 Å². The number of carbonyl (C=O) groups is 2. The molecule has 0 radical (unpaired) electrons. The standard InChI is InChI=1S/C19H17ClN2O4/c1-11(23)10-22-16(13-3-2-8-21-9-13)15(18(25)19(22)26)17(24)12-4-6-14(20)7-5-12/h2-9,11,16,23-24H,10H2,1H3/t11-,16-/m1/s1. The number of halogens is 1. The van der Waals surface area contributed by atoms with Crippen LogP contribution in [0.3, 0.4) is 0 Å². The van der Waals surface area contributed by atoms with Gasteiger partial charge in [-0.1, -0.05) is 17.7 Å². The van der Waals surface area contributed by atoms with E-state index in [1.807, 2.05) is 0 Å². The third-order valence-corrected chi connectivity index (χ3v) is 4.37. The number of hydrogen-bond acceptors (Lipinski definition) is 5. The first-order valence-electron chi connectivity index (χ1n) is 8.02.